The molecule has 0 aliphatic heterocycles. The van der Waals surface area contributed by atoms with Crippen molar-refractivity contribution in [1.29, 1.82) is 0 Å². The lowest BCUT2D eigenvalue weighted by molar-refractivity contribution is 0.0601. The van der Waals surface area contributed by atoms with E-state index < -0.39 is 16.0 Å². The van der Waals surface area contributed by atoms with Crippen LogP contribution in [0.1, 0.15) is 22.8 Å². The first-order chi connectivity index (χ1) is 10.5. The number of anilines is 1. The fraction of sp³-hybridized carbons (Fsp3) is 0.188. The minimum atomic E-state index is -3.64. The van der Waals surface area contributed by atoms with Gasteiger partial charge in [0, 0.05) is 5.69 Å². The average molecular weight is 319 g/mol. The first-order valence-corrected chi connectivity index (χ1v) is 8.24. The monoisotopic (exact) mass is 319 g/mol. The zero-order chi connectivity index (χ0) is 16.2. The van der Waals surface area contributed by atoms with Crippen molar-refractivity contribution in [3.05, 3.63) is 59.7 Å². The second-order valence-electron chi connectivity index (χ2n) is 4.67. The number of nitrogens with one attached hydrogen (secondary N) is 1. The first-order valence-electron chi connectivity index (χ1n) is 6.76. The summed E-state index contributed by atoms with van der Waals surface area (Å²) in [5.41, 5.74) is 1.81. The van der Waals surface area contributed by atoms with E-state index in [1.54, 1.807) is 24.3 Å². The maximum Gasteiger partial charge on any atom is 0.337 e. The number of methoxy groups -OCH3 is 1. The maximum absolute atomic E-state index is 12.3. The normalized spacial score (nSPS) is 11.0. The van der Waals surface area contributed by atoms with Crippen LogP contribution in [-0.4, -0.2) is 21.5 Å². The number of aryl methyl sites for hydroxylation is 1. The minimum absolute atomic E-state index is 0.196. The van der Waals surface area contributed by atoms with Crippen molar-refractivity contribution >= 4 is 21.7 Å². The summed E-state index contributed by atoms with van der Waals surface area (Å²) in [6.45, 7) is 2.00. The van der Waals surface area contributed by atoms with Crippen LogP contribution in [0.25, 0.3) is 0 Å². The Kier molecular flexibility index (Phi) is 4.82. The van der Waals surface area contributed by atoms with Crippen LogP contribution < -0.4 is 4.72 Å². The molecule has 0 saturated carbocycles. The fourth-order valence-electron chi connectivity index (χ4n) is 1.91. The molecule has 2 aromatic carbocycles. The number of benzene rings is 2. The van der Waals surface area contributed by atoms with Gasteiger partial charge in [-0.1, -0.05) is 19.1 Å². The third kappa shape index (κ3) is 3.65. The molecule has 2 aromatic rings. The van der Waals surface area contributed by atoms with Gasteiger partial charge in [0.05, 0.1) is 17.6 Å². The highest BCUT2D eigenvalue weighted by molar-refractivity contribution is 7.92. The molecule has 0 fully saturated rings. The number of esters is 1. The molecule has 0 radical (unpaired) electrons. The van der Waals surface area contributed by atoms with Crippen molar-refractivity contribution in [3.8, 4) is 0 Å². The van der Waals surface area contributed by atoms with Gasteiger partial charge in [0.15, 0.2) is 0 Å². The highest BCUT2D eigenvalue weighted by Gasteiger charge is 2.14. The second kappa shape index (κ2) is 6.62. The fourth-order valence-corrected chi connectivity index (χ4v) is 2.97. The molecule has 0 aliphatic rings. The van der Waals surface area contributed by atoms with Gasteiger partial charge in [-0.05, 0) is 48.4 Å². The average Bonchev–Trinajstić information content (AvgIpc) is 2.54. The number of carbonyl (C=O) groups excluding carboxylic acids is 1. The number of hydrogen-bond donors (Lipinski definition) is 1. The molecule has 1 N–H and O–H groups in total. The quantitative estimate of drug-likeness (QED) is 0.860. The Morgan fingerprint density at radius 3 is 2.14 bits per heavy atom. The van der Waals surface area contributed by atoms with E-state index >= 15 is 0 Å². The topological polar surface area (TPSA) is 72.5 Å². The molecule has 0 aliphatic carbocycles. The molecular formula is C16H17NO4S. The first kappa shape index (κ1) is 16.0. The van der Waals surface area contributed by atoms with E-state index in [2.05, 4.69) is 9.46 Å². The molecular weight excluding hydrogens is 302 g/mol. The highest BCUT2D eigenvalue weighted by atomic mass is 32.2. The van der Waals surface area contributed by atoms with E-state index in [9.17, 15) is 13.2 Å². The largest absolute Gasteiger partial charge is 0.465 e. The molecule has 0 aromatic heterocycles. The Bertz CT molecular complexity index is 750. The van der Waals surface area contributed by atoms with E-state index in [0.717, 1.165) is 12.0 Å². The van der Waals surface area contributed by atoms with Crippen molar-refractivity contribution < 1.29 is 17.9 Å². The standard InChI is InChI=1S/C16H17NO4S/c1-3-12-4-10-15(11-5-12)22(19,20)17-14-8-6-13(7-9-14)16(18)21-2/h4-11,17H,3H2,1-2H3. The summed E-state index contributed by atoms with van der Waals surface area (Å²) in [6, 6.07) is 12.8. The molecule has 116 valence electrons. The van der Waals surface area contributed by atoms with E-state index in [4.69, 9.17) is 0 Å². The Morgan fingerprint density at radius 1 is 1.05 bits per heavy atom. The summed E-state index contributed by atoms with van der Waals surface area (Å²) < 4.78 is 31.6. The molecule has 0 amide bonds. The SMILES string of the molecule is CCc1ccc(S(=O)(=O)Nc2ccc(C(=O)OC)cc2)cc1. The summed E-state index contributed by atoms with van der Waals surface area (Å²) in [7, 11) is -2.35. The number of rotatable bonds is 5. The number of carbonyl (C=O) groups is 1. The lowest BCUT2D eigenvalue weighted by atomic mass is 10.2. The third-order valence-electron chi connectivity index (χ3n) is 3.20. The summed E-state index contributed by atoms with van der Waals surface area (Å²) in [6.07, 6.45) is 0.850. The number of sulfonamides is 1. The van der Waals surface area contributed by atoms with Crippen LogP contribution in [0, 0.1) is 0 Å². The van der Waals surface area contributed by atoms with E-state index in [1.807, 2.05) is 6.92 Å². The van der Waals surface area contributed by atoms with Crippen molar-refractivity contribution in [2.24, 2.45) is 0 Å². The zero-order valence-electron chi connectivity index (χ0n) is 12.4. The number of hydrogen-bond acceptors (Lipinski definition) is 4. The molecule has 0 atom stereocenters. The Balaban J connectivity index is 2.19. The van der Waals surface area contributed by atoms with Gasteiger partial charge in [0.2, 0.25) is 0 Å². The van der Waals surface area contributed by atoms with Crippen molar-refractivity contribution in [1.82, 2.24) is 0 Å². The van der Waals surface area contributed by atoms with Crippen LogP contribution in [0.4, 0.5) is 5.69 Å². The van der Waals surface area contributed by atoms with Gasteiger partial charge in [-0.2, -0.15) is 0 Å². The maximum atomic E-state index is 12.3. The van der Waals surface area contributed by atoms with Gasteiger partial charge in [-0.15, -0.1) is 0 Å². The van der Waals surface area contributed by atoms with Gasteiger partial charge in [-0.3, -0.25) is 4.72 Å². The Morgan fingerprint density at radius 2 is 1.64 bits per heavy atom. The van der Waals surface area contributed by atoms with Crippen molar-refractivity contribution in [2.45, 2.75) is 18.2 Å². The van der Waals surface area contributed by atoms with Gasteiger partial charge in [0.1, 0.15) is 0 Å². The zero-order valence-corrected chi connectivity index (χ0v) is 13.2. The Hall–Kier alpha value is -2.34. The lowest BCUT2D eigenvalue weighted by Crippen LogP contribution is -2.13. The van der Waals surface area contributed by atoms with Crippen LogP contribution in [0.3, 0.4) is 0 Å². The highest BCUT2D eigenvalue weighted by Crippen LogP contribution is 2.17. The Labute approximate surface area is 130 Å². The van der Waals surface area contributed by atoms with Crippen LogP contribution >= 0.6 is 0 Å². The van der Waals surface area contributed by atoms with Crippen molar-refractivity contribution in [2.75, 3.05) is 11.8 Å². The lowest BCUT2D eigenvalue weighted by Gasteiger charge is -2.09. The van der Waals surface area contributed by atoms with Gasteiger partial charge in [0.25, 0.3) is 10.0 Å². The van der Waals surface area contributed by atoms with Gasteiger partial charge in [-0.25, -0.2) is 13.2 Å². The number of ether oxygens (including phenoxy) is 1. The van der Waals surface area contributed by atoms with E-state index in [-0.39, 0.29) is 4.90 Å². The minimum Gasteiger partial charge on any atom is -0.465 e. The molecule has 0 heterocycles. The van der Waals surface area contributed by atoms with Crippen LogP contribution in [0.2, 0.25) is 0 Å². The van der Waals surface area contributed by atoms with Crippen LogP contribution in [0.15, 0.2) is 53.4 Å². The van der Waals surface area contributed by atoms with Crippen LogP contribution in [0.5, 0.6) is 0 Å². The summed E-state index contributed by atoms with van der Waals surface area (Å²) >= 11 is 0. The molecule has 0 unspecified atom stereocenters. The molecule has 0 spiro atoms. The molecule has 0 saturated heterocycles. The molecule has 22 heavy (non-hydrogen) atoms. The summed E-state index contributed by atoms with van der Waals surface area (Å²) in [5.74, 6) is -0.468. The van der Waals surface area contributed by atoms with E-state index in [0.29, 0.717) is 11.3 Å². The molecule has 0 bridgehead atoms. The molecule has 2 rings (SSSR count). The van der Waals surface area contributed by atoms with Crippen molar-refractivity contribution in [3.63, 3.8) is 0 Å². The van der Waals surface area contributed by atoms with E-state index in [1.165, 1.54) is 31.4 Å². The smallest absolute Gasteiger partial charge is 0.337 e. The van der Waals surface area contributed by atoms with Crippen LogP contribution in [-0.2, 0) is 21.2 Å². The summed E-state index contributed by atoms with van der Waals surface area (Å²) in [4.78, 5) is 11.5. The third-order valence-corrected chi connectivity index (χ3v) is 4.60. The van der Waals surface area contributed by atoms with Gasteiger partial charge < -0.3 is 4.74 Å². The summed E-state index contributed by atoms with van der Waals surface area (Å²) in [5, 5.41) is 0. The molecule has 6 heteroatoms. The second-order valence-corrected chi connectivity index (χ2v) is 6.35. The molecule has 5 nitrogen and oxygen atoms in total. The van der Waals surface area contributed by atoms with Gasteiger partial charge >= 0.3 is 5.97 Å². The predicted octanol–water partition coefficient (Wildman–Crippen LogP) is 2.84. The predicted molar refractivity (Wildman–Crippen MR) is 84.4 cm³/mol.